The number of hydrogen-bond acceptors (Lipinski definition) is 2. The van der Waals surface area contributed by atoms with Crippen LogP contribution in [0.2, 0.25) is 0 Å². The van der Waals surface area contributed by atoms with Crippen LogP contribution in [-0.4, -0.2) is 21.4 Å². The minimum Gasteiger partial charge on any atom is -0.362 e. The van der Waals surface area contributed by atoms with Crippen LogP contribution in [0.25, 0.3) is 0 Å². The number of hydrogen-bond donors (Lipinski definition) is 2. The van der Waals surface area contributed by atoms with E-state index in [0.717, 1.165) is 37.3 Å². The van der Waals surface area contributed by atoms with Gasteiger partial charge >= 0.3 is 0 Å². The molecule has 2 aromatic rings. The first-order valence-electron chi connectivity index (χ1n) is 8.65. The quantitative estimate of drug-likeness (QED) is 0.577. The Morgan fingerprint density at radius 1 is 1.25 bits per heavy atom. The first-order valence-corrected chi connectivity index (χ1v) is 9.06. The predicted octanol–water partition coefficient (Wildman–Crippen LogP) is 4.39. The van der Waals surface area contributed by atoms with Gasteiger partial charge in [0.05, 0.1) is 5.69 Å². The summed E-state index contributed by atoms with van der Waals surface area (Å²) >= 11 is 5.36. The van der Waals surface area contributed by atoms with Gasteiger partial charge in [0.15, 0.2) is 5.11 Å². The Labute approximate surface area is 150 Å². The van der Waals surface area contributed by atoms with Crippen molar-refractivity contribution in [3.63, 3.8) is 0 Å². The molecule has 0 fully saturated rings. The summed E-state index contributed by atoms with van der Waals surface area (Å²) in [5, 5.41) is 11.6. The van der Waals surface area contributed by atoms with Crippen LogP contribution in [0.1, 0.15) is 49.6 Å². The van der Waals surface area contributed by atoms with Crippen molar-refractivity contribution in [2.24, 2.45) is 0 Å². The van der Waals surface area contributed by atoms with Crippen LogP contribution in [0.5, 0.6) is 0 Å². The fourth-order valence-electron chi connectivity index (χ4n) is 2.64. The molecule has 1 unspecified atom stereocenters. The zero-order valence-corrected chi connectivity index (χ0v) is 15.9. The van der Waals surface area contributed by atoms with E-state index in [2.05, 4.69) is 66.8 Å². The molecule has 0 aliphatic heterocycles. The van der Waals surface area contributed by atoms with Crippen molar-refractivity contribution in [3.05, 3.63) is 47.3 Å². The predicted molar refractivity (Wildman–Crippen MR) is 106 cm³/mol. The van der Waals surface area contributed by atoms with E-state index in [9.17, 15) is 0 Å². The summed E-state index contributed by atoms with van der Waals surface area (Å²) in [7, 11) is 0. The maximum Gasteiger partial charge on any atom is 0.170 e. The van der Waals surface area contributed by atoms with Crippen molar-refractivity contribution >= 4 is 23.0 Å². The van der Waals surface area contributed by atoms with Gasteiger partial charge in [-0.1, -0.05) is 26.0 Å². The van der Waals surface area contributed by atoms with Crippen LogP contribution in [-0.2, 0) is 6.54 Å². The molecule has 0 saturated carbocycles. The second-order valence-corrected chi connectivity index (χ2v) is 6.72. The Morgan fingerprint density at radius 3 is 2.54 bits per heavy atom. The summed E-state index contributed by atoms with van der Waals surface area (Å²) in [4.78, 5) is 0. The lowest BCUT2D eigenvalue weighted by Crippen LogP contribution is -2.29. The molecule has 4 nitrogen and oxygen atoms in total. The molecule has 0 aliphatic rings. The molecular weight excluding hydrogens is 316 g/mol. The lowest BCUT2D eigenvalue weighted by atomic mass is 9.99. The number of nitrogens with one attached hydrogen (secondary N) is 2. The molecule has 0 bridgehead atoms. The van der Waals surface area contributed by atoms with Crippen molar-refractivity contribution in [2.45, 2.75) is 53.0 Å². The van der Waals surface area contributed by atoms with Gasteiger partial charge in [-0.25, -0.2) is 0 Å². The van der Waals surface area contributed by atoms with Gasteiger partial charge < -0.3 is 10.6 Å². The van der Waals surface area contributed by atoms with Gasteiger partial charge in [0.2, 0.25) is 0 Å². The smallest absolute Gasteiger partial charge is 0.170 e. The number of nitrogens with zero attached hydrogens (tertiary/aromatic N) is 2. The highest BCUT2D eigenvalue weighted by Gasteiger charge is 2.04. The first kappa shape index (κ1) is 18.5. The average Bonchev–Trinajstić information content (AvgIpc) is 2.89. The highest BCUT2D eigenvalue weighted by Crippen LogP contribution is 2.20. The molecular formula is C19H28N4S. The number of aromatic nitrogens is 2. The molecule has 0 radical (unpaired) electrons. The van der Waals surface area contributed by atoms with E-state index in [1.54, 1.807) is 0 Å². The highest BCUT2D eigenvalue weighted by molar-refractivity contribution is 7.80. The Balaban J connectivity index is 1.72. The maximum atomic E-state index is 5.36. The SMILES string of the molecule is CCC(C)c1ccc(NC(=S)NCCCn2nc(C)cc2C)cc1. The number of aryl methyl sites for hydroxylation is 3. The van der Waals surface area contributed by atoms with E-state index >= 15 is 0 Å². The summed E-state index contributed by atoms with van der Waals surface area (Å²) in [5.74, 6) is 0.596. The standard InChI is InChI=1S/C19H28N4S/c1-5-14(2)17-7-9-18(10-8-17)21-19(24)20-11-6-12-23-16(4)13-15(3)22-23/h7-10,13-14H,5-6,11-12H2,1-4H3,(H2,20,21,24). The second kappa shape index (κ2) is 8.83. The van der Waals surface area contributed by atoms with Gasteiger partial charge in [0.25, 0.3) is 0 Å². The average molecular weight is 345 g/mol. The van der Waals surface area contributed by atoms with Crippen molar-refractivity contribution in [1.29, 1.82) is 0 Å². The Kier molecular flexibility index (Phi) is 6.79. The molecule has 0 amide bonds. The molecule has 1 atom stereocenters. The third kappa shape index (κ3) is 5.34. The van der Waals surface area contributed by atoms with E-state index in [4.69, 9.17) is 12.2 Å². The molecule has 2 rings (SSSR count). The van der Waals surface area contributed by atoms with Gasteiger partial charge in [-0.05, 0) is 68.6 Å². The number of anilines is 1. The summed E-state index contributed by atoms with van der Waals surface area (Å²) in [6.45, 7) is 10.3. The normalized spacial score (nSPS) is 12.0. The van der Waals surface area contributed by atoms with Gasteiger partial charge in [-0.2, -0.15) is 5.10 Å². The van der Waals surface area contributed by atoms with Gasteiger partial charge in [0, 0.05) is 24.5 Å². The topological polar surface area (TPSA) is 41.9 Å². The van der Waals surface area contributed by atoms with E-state index in [1.165, 1.54) is 11.3 Å². The molecule has 0 spiro atoms. The maximum absolute atomic E-state index is 5.36. The lowest BCUT2D eigenvalue weighted by molar-refractivity contribution is 0.558. The molecule has 2 N–H and O–H groups in total. The highest BCUT2D eigenvalue weighted by atomic mass is 32.1. The van der Waals surface area contributed by atoms with Crippen molar-refractivity contribution in [2.75, 3.05) is 11.9 Å². The Bertz CT molecular complexity index is 661. The minimum atomic E-state index is 0.596. The summed E-state index contributed by atoms with van der Waals surface area (Å²) < 4.78 is 2.04. The molecule has 130 valence electrons. The van der Waals surface area contributed by atoms with Crippen LogP contribution in [0, 0.1) is 13.8 Å². The van der Waals surface area contributed by atoms with E-state index < -0.39 is 0 Å². The van der Waals surface area contributed by atoms with Crippen molar-refractivity contribution in [1.82, 2.24) is 15.1 Å². The number of thiocarbonyl (C=S) groups is 1. The molecule has 1 aromatic heterocycles. The van der Waals surface area contributed by atoms with Crippen molar-refractivity contribution in [3.8, 4) is 0 Å². The van der Waals surface area contributed by atoms with E-state index in [0.29, 0.717) is 11.0 Å². The third-order valence-corrected chi connectivity index (χ3v) is 4.53. The fraction of sp³-hybridized carbons (Fsp3) is 0.474. The van der Waals surface area contributed by atoms with Gasteiger partial charge in [-0.3, -0.25) is 4.68 Å². The molecule has 0 aliphatic carbocycles. The van der Waals surface area contributed by atoms with Crippen LogP contribution in [0.4, 0.5) is 5.69 Å². The van der Waals surface area contributed by atoms with Gasteiger partial charge in [-0.15, -0.1) is 0 Å². The largest absolute Gasteiger partial charge is 0.362 e. The van der Waals surface area contributed by atoms with Crippen LogP contribution in [0.3, 0.4) is 0 Å². The third-order valence-electron chi connectivity index (χ3n) is 4.29. The molecule has 5 heteroatoms. The zero-order valence-electron chi connectivity index (χ0n) is 15.1. The second-order valence-electron chi connectivity index (χ2n) is 6.32. The van der Waals surface area contributed by atoms with Crippen molar-refractivity contribution < 1.29 is 0 Å². The van der Waals surface area contributed by atoms with Crippen LogP contribution in [0.15, 0.2) is 30.3 Å². The monoisotopic (exact) mass is 344 g/mol. The van der Waals surface area contributed by atoms with E-state index in [-0.39, 0.29) is 0 Å². The zero-order chi connectivity index (χ0) is 17.5. The number of benzene rings is 1. The molecule has 24 heavy (non-hydrogen) atoms. The van der Waals surface area contributed by atoms with E-state index in [1.807, 2.05) is 11.6 Å². The Hall–Kier alpha value is -1.88. The number of rotatable bonds is 7. The Morgan fingerprint density at radius 2 is 1.96 bits per heavy atom. The molecule has 0 saturated heterocycles. The summed E-state index contributed by atoms with van der Waals surface area (Å²) in [5.41, 5.74) is 4.66. The molecule has 1 heterocycles. The summed E-state index contributed by atoms with van der Waals surface area (Å²) in [6, 6.07) is 10.6. The van der Waals surface area contributed by atoms with Gasteiger partial charge in [0.1, 0.15) is 0 Å². The lowest BCUT2D eigenvalue weighted by Gasteiger charge is -2.13. The molecule has 1 aromatic carbocycles. The van der Waals surface area contributed by atoms with Crippen LogP contribution < -0.4 is 10.6 Å². The first-order chi connectivity index (χ1) is 11.5. The minimum absolute atomic E-state index is 0.596. The summed E-state index contributed by atoms with van der Waals surface area (Å²) in [6.07, 6.45) is 2.14. The fourth-order valence-corrected chi connectivity index (χ4v) is 2.86. The van der Waals surface area contributed by atoms with Crippen LogP contribution >= 0.6 is 12.2 Å².